The molecule has 0 aliphatic rings. The zero-order valence-corrected chi connectivity index (χ0v) is 12.3. The van der Waals surface area contributed by atoms with Crippen molar-refractivity contribution >= 4 is 10.9 Å². The highest BCUT2D eigenvalue weighted by molar-refractivity contribution is 5.81. The van der Waals surface area contributed by atoms with Crippen molar-refractivity contribution < 1.29 is 9.47 Å². The van der Waals surface area contributed by atoms with E-state index in [1.54, 1.807) is 7.11 Å². The minimum absolute atomic E-state index is 0.0815. The number of ether oxygens (including phenoxy) is 2. The highest BCUT2D eigenvalue weighted by Gasteiger charge is 2.16. The van der Waals surface area contributed by atoms with Crippen molar-refractivity contribution in [1.29, 1.82) is 0 Å². The Hall–Kier alpha value is -1.48. The lowest BCUT2D eigenvalue weighted by atomic mass is 10.1. The molecule has 0 unspecified atom stereocenters. The first-order valence-electron chi connectivity index (χ1n) is 6.82. The van der Waals surface area contributed by atoms with Gasteiger partial charge in [-0.25, -0.2) is 0 Å². The van der Waals surface area contributed by atoms with E-state index < -0.39 is 0 Å². The molecule has 1 aromatic carbocycles. The lowest BCUT2D eigenvalue weighted by Gasteiger charge is -2.23. The van der Waals surface area contributed by atoms with Crippen molar-refractivity contribution in [3.05, 3.63) is 30.5 Å². The molecule has 3 nitrogen and oxygen atoms in total. The van der Waals surface area contributed by atoms with Crippen LogP contribution in [0.25, 0.3) is 10.9 Å². The molecule has 0 spiro atoms. The number of hydrogen-bond donors (Lipinski definition) is 0. The van der Waals surface area contributed by atoms with Gasteiger partial charge in [-0.1, -0.05) is 0 Å². The summed E-state index contributed by atoms with van der Waals surface area (Å²) in [5.74, 6) is 0.935. The van der Waals surface area contributed by atoms with Gasteiger partial charge in [-0.15, -0.1) is 0 Å². The molecule has 0 aliphatic heterocycles. The van der Waals surface area contributed by atoms with E-state index in [1.165, 1.54) is 10.9 Å². The Morgan fingerprint density at radius 1 is 1.21 bits per heavy atom. The average Bonchev–Trinajstić information content (AvgIpc) is 2.79. The van der Waals surface area contributed by atoms with Crippen molar-refractivity contribution in [3.8, 4) is 5.75 Å². The van der Waals surface area contributed by atoms with Crippen LogP contribution < -0.4 is 4.74 Å². The Balaban J connectivity index is 2.17. The molecule has 1 aromatic heterocycles. The first-order valence-corrected chi connectivity index (χ1v) is 6.82. The molecule has 3 heteroatoms. The molecular weight excluding hydrogens is 238 g/mol. The Bertz CT molecular complexity index is 543. The third-order valence-electron chi connectivity index (χ3n) is 3.56. The van der Waals surface area contributed by atoms with Gasteiger partial charge in [0.2, 0.25) is 0 Å². The zero-order chi connectivity index (χ0) is 13.9. The van der Waals surface area contributed by atoms with Crippen molar-refractivity contribution in [2.24, 2.45) is 0 Å². The van der Waals surface area contributed by atoms with E-state index in [0.717, 1.165) is 18.7 Å². The summed E-state index contributed by atoms with van der Waals surface area (Å²) in [5, 5.41) is 1.22. The summed E-state index contributed by atoms with van der Waals surface area (Å²) >= 11 is 0. The first kappa shape index (κ1) is 13.9. The smallest absolute Gasteiger partial charge is 0.120 e. The standard InChI is InChI=1S/C16H23NO2/c1-5-19-14-6-7-15-13(12-14)8-10-17(15)11-9-16(2,3)18-4/h6-8,10,12H,5,9,11H2,1-4H3. The minimum Gasteiger partial charge on any atom is -0.494 e. The van der Waals surface area contributed by atoms with E-state index in [4.69, 9.17) is 9.47 Å². The maximum atomic E-state index is 5.53. The molecule has 0 bridgehead atoms. The summed E-state index contributed by atoms with van der Waals surface area (Å²) in [6.07, 6.45) is 3.12. The predicted molar refractivity (Wildman–Crippen MR) is 78.8 cm³/mol. The largest absolute Gasteiger partial charge is 0.494 e. The molecule has 2 rings (SSSR count). The van der Waals surface area contributed by atoms with E-state index in [-0.39, 0.29) is 5.60 Å². The predicted octanol–water partition coefficient (Wildman–Crippen LogP) is 3.86. The first-order chi connectivity index (χ1) is 9.05. The molecule has 0 saturated carbocycles. The van der Waals surface area contributed by atoms with E-state index in [0.29, 0.717) is 6.61 Å². The third-order valence-corrected chi connectivity index (χ3v) is 3.56. The van der Waals surface area contributed by atoms with Crippen LogP contribution in [-0.2, 0) is 11.3 Å². The number of nitrogens with zero attached hydrogens (tertiary/aromatic N) is 1. The van der Waals surface area contributed by atoms with E-state index in [9.17, 15) is 0 Å². The van der Waals surface area contributed by atoms with Crippen molar-refractivity contribution in [2.45, 2.75) is 39.3 Å². The Labute approximate surface area is 115 Å². The summed E-state index contributed by atoms with van der Waals surface area (Å²) in [6.45, 7) is 7.90. The Morgan fingerprint density at radius 2 is 2.00 bits per heavy atom. The van der Waals surface area contributed by atoms with E-state index in [2.05, 4.69) is 42.8 Å². The van der Waals surface area contributed by atoms with Gasteiger partial charge >= 0.3 is 0 Å². The molecule has 1 heterocycles. The number of aryl methyl sites for hydroxylation is 1. The Kier molecular flexibility index (Phi) is 4.15. The van der Waals surface area contributed by atoms with Crippen LogP contribution in [0.2, 0.25) is 0 Å². The second kappa shape index (κ2) is 5.66. The molecule has 0 saturated heterocycles. The van der Waals surface area contributed by atoms with Gasteiger partial charge < -0.3 is 14.0 Å². The second-order valence-corrected chi connectivity index (χ2v) is 5.38. The summed E-state index contributed by atoms with van der Waals surface area (Å²) < 4.78 is 13.3. The number of rotatable bonds is 6. The van der Waals surface area contributed by atoms with Crippen LogP contribution in [0.1, 0.15) is 27.2 Å². The monoisotopic (exact) mass is 261 g/mol. The van der Waals surface area contributed by atoms with Crippen LogP contribution in [0.4, 0.5) is 0 Å². The molecule has 0 N–H and O–H groups in total. The van der Waals surface area contributed by atoms with Gasteiger partial charge in [0.1, 0.15) is 5.75 Å². The number of fused-ring (bicyclic) bond motifs is 1. The highest BCUT2D eigenvalue weighted by atomic mass is 16.5. The summed E-state index contributed by atoms with van der Waals surface area (Å²) in [7, 11) is 1.77. The number of methoxy groups -OCH3 is 1. The third kappa shape index (κ3) is 3.29. The number of hydrogen-bond acceptors (Lipinski definition) is 2. The van der Waals surface area contributed by atoms with Gasteiger partial charge in [0.05, 0.1) is 12.2 Å². The maximum Gasteiger partial charge on any atom is 0.120 e. The van der Waals surface area contributed by atoms with Gasteiger partial charge in [0.15, 0.2) is 0 Å². The molecule has 0 radical (unpaired) electrons. The lowest BCUT2D eigenvalue weighted by Crippen LogP contribution is -2.24. The van der Waals surface area contributed by atoms with Crippen LogP contribution in [-0.4, -0.2) is 23.9 Å². The van der Waals surface area contributed by atoms with Crippen LogP contribution in [0, 0.1) is 0 Å². The van der Waals surface area contributed by atoms with Gasteiger partial charge in [-0.3, -0.25) is 0 Å². The van der Waals surface area contributed by atoms with Crippen LogP contribution in [0.3, 0.4) is 0 Å². The van der Waals surface area contributed by atoms with Crippen molar-refractivity contribution in [1.82, 2.24) is 4.57 Å². The highest BCUT2D eigenvalue weighted by Crippen LogP contribution is 2.23. The Morgan fingerprint density at radius 3 is 2.68 bits per heavy atom. The van der Waals surface area contributed by atoms with Crippen LogP contribution in [0.15, 0.2) is 30.5 Å². The SMILES string of the molecule is CCOc1ccc2c(ccn2CCC(C)(C)OC)c1. The normalized spacial score (nSPS) is 12.0. The quantitative estimate of drug-likeness (QED) is 0.788. The maximum absolute atomic E-state index is 5.53. The van der Waals surface area contributed by atoms with E-state index >= 15 is 0 Å². The molecule has 0 amide bonds. The fourth-order valence-electron chi connectivity index (χ4n) is 2.12. The fraction of sp³-hybridized carbons (Fsp3) is 0.500. The van der Waals surface area contributed by atoms with Gasteiger partial charge in [-0.05, 0) is 51.5 Å². The molecular formula is C16H23NO2. The number of aromatic nitrogens is 1. The number of benzene rings is 1. The molecule has 0 aliphatic carbocycles. The summed E-state index contributed by atoms with van der Waals surface area (Å²) in [6, 6.07) is 8.39. The van der Waals surface area contributed by atoms with Crippen molar-refractivity contribution in [2.75, 3.05) is 13.7 Å². The van der Waals surface area contributed by atoms with Crippen LogP contribution >= 0.6 is 0 Å². The molecule has 0 fully saturated rings. The molecule has 0 atom stereocenters. The van der Waals surface area contributed by atoms with Crippen LogP contribution in [0.5, 0.6) is 5.75 Å². The fourth-order valence-corrected chi connectivity index (χ4v) is 2.12. The van der Waals surface area contributed by atoms with Crippen molar-refractivity contribution in [3.63, 3.8) is 0 Å². The lowest BCUT2D eigenvalue weighted by molar-refractivity contribution is 0.0123. The van der Waals surface area contributed by atoms with Gasteiger partial charge in [0, 0.05) is 30.8 Å². The van der Waals surface area contributed by atoms with Gasteiger partial charge in [0.25, 0.3) is 0 Å². The topological polar surface area (TPSA) is 23.4 Å². The molecule has 104 valence electrons. The summed E-state index contributed by atoms with van der Waals surface area (Å²) in [5.41, 5.74) is 1.16. The van der Waals surface area contributed by atoms with E-state index in [1.807, 2.05) is 13.0 Å². The molecule has 2 aromatic rings. The zero-order valence-electron chi connectivity index (χ0n) is 12.3. The minimum atomic E-state index is -0.0815. The average molecular weight is 261 g/mol. The molecule has 19 heavy (non-hydrogen) atoms. The second-order valence-electron chi connectivity index (χ2n) is 5.38. The van der Waals surface area contributed by atoms with Gasteiger partial charge in [-0.2, -0.15) is 0 Å². The summed E-state index contributed by atoms with van der Waals surface area (Å²) in [4.78, 5) is 0.